The van der Waals surface area contributed by atoms with Crippen LogP contribution in [0.4, 0.5) is 10.5 Å². The fourth-order valence-corrected chi connectivity index (χ4v) is 2.84. The van der Waals surface area contributed by atoms with Crippen LogP contribution in [-0.4, -0.2) is 24.1 Å². The van der Waals surface area contributed by atoms with E-state index in [1.165, 1.54) is 18.4 Å². The molecule has 0 saturated heterocycles. The lowest BCUT2D eigenvalue weighted by molar-refractivity contribution is 0.0600. The van der Waals surface area contributed by atoms with Gasteiger partial charge in [-0.05, 0) is 44.5 Å². The van der Waals surface area contributed by atoms with E-state index in [0.717, 1.165) is 16.3 Å². The Morgan fingerprint density at radius 3 is 2.61 bits per heavy atom. The Balaban J connectivity index is 2.01. The number of amides is 2. The van der Waals surface area contributed by atoms with E-state index in [2.05, 4.69) is 20.4 Å². The summed E-state index contributed by atoms with van der Waals surface area (Å²) in [5, 5.41) is 8.42. The van der Waals surface area contributed by atoms with E-state index in [4.69, 9.17) is 0 Å². The molecule has 2 rings (SSSR count). The van der Waals surface area contributed by atoms with Crippen molar-refractivity contribution in [3.05, 3.63) is 45.4 Å². The average Bonchev–Trinajstić information content (AvgIpc) is 2.95. The first-order valence-corrected chi connectivity index (χ1v) is 7.97. The molecule has 0 radical (unpaired) electrons. The smallest absolute Gasteiger partial charge is 0.337 e. The lowest BCUT2D eigenvalue weighted by Crippen LogP contribution is -2.31. The van der Waals surface area contributed by atoms with Gasteiger partial charge in [0.05, 0.1) is 18.7 Å². The lowest BCUT2D eigenvalue weighted by atomic mass is 10.1. The summed E-state index contributed by atoms with van der Waals surface area (Å²) in [6.45, 7) is 5.61. The van der Waals surface area contributed by atoms with Crippen molar-refractivity contribution in [1.29, 1.82) is 0 Å². The van der Waals surface area contributed by atoms with E-state index >= 15 is 0 Å². The molecule has 1 aromatic carbocycles. The molecule has 2 N–H and O–H groups in total. The van der Waals surface area contributed by atoms with Gasteiger partial charge in [-0.2, -0.15) is 0 Å². The molecule has 0 aliphatic heterocycles. The minimum atomic E-state index is -0.406. The van der Waals surface area contributed by atoms with Gasteiger partial charge in [-0.1, -0.05) is 0 Å². The minimum absolute atomic E-state index is 0.177. The van der Waals surface area contributed by atoms with Gasteiger partial charge in [-0.3, -0.25) is 0 Å². The van der Waals surface area contributed by atoms with E-state index in [0.29, 0.717) is 11.3 Å². The third kappa shape index (κ3) is 4.29. The third-order valence-electron chi connectivity index (χ3n) is 3.25. The summed E-state index contributed by atoms with van der Waals surface area (Å²) in [6, 6.07) is 4.47. The zero-order valence-electron chi connectivity index (χ0n) is 13.5. The molecule has 7 heteroatoms. The molecule has 23 heavy (non-hydrogen) atoms. The molecule has 2 amide bonds. The van der Waals surface area contributed by atoms with Crippen molar-refractivity contribution in [2.24, 2.45) is 0 Å². The van der Waals surface area contributed by atoms with Crippen LogP contribution in [0, 0.1) is 13.8 Å². The molecule has 122 valence electrons. The number of benzene rings is 1. The Labute approximate surface area is 138 Å². The van der Waals surface area contributed by atoms with Crippen LogP contribution in [0.5, 0.6) is 0 Å². The lowest BCUT2D eigenvalue weighted by Gasteiger charge is -2.14. The highest BCUT2D eigenvalue weighted by Crippen LogP contribution is 2.19. The highest BCUT2D eigenvalue weighted by molar-refractivity contribution is 7.09. The van der Waals surface area contributed by atoms with Gasteiger partial charge < -0.3 is 15.4 Å². The Morgan fingerprint density at radius 1 is 1.30 bits per heavy atom. The van der Waals surface area contributed by atoms with E-state index < -0.39 is 5.97 Å². The number of anilines is 1. The van der Waals surface area contributed by atoms with Crippen molar-refractivity contribution < 1.29 is 14.3 Å². The maximum absolute atomic E-state index is 12.1. The molecule has 0 unspecified atom stereocenters. The number of nitrogens with one attached hydrogen (secondary N) is 2. The molecule has 0 aliphatic carbocycles. The fraction of sp³-hybridized carbons (Fsp3) is 0.312. The van der Waals surface area contributed by atoms with Crippen LogP contribution >= 0.6 is 11.3 Å². The Hall–Kier alpha value is -2.41. The maximum atomic E-state index is 12.1. The first-order chi connectivity index (χ1) is 10.9. The van der Waals surface area contributed by atoms with Gasteiger partial charge in [0.2, 0.25) is 0 Å². The molecule has 0 spiro atoms. The average molecular weight is 333 g/mol. The van der Waals surface area contributed by atoms with Gasteiger partial charge in [-0.15, -0.1) is 11.3 Å². The second kappa shape index (κ2) is 7.23. The van der Waals surface area contributed by atoms with Gasteiger partial charge in [0.15, 0.2) is 0 Å². The second-order valence-electron chi connectivity index (χ2n) is 5.17. The molecular weight excluding hydrogens is 314 g/mol. The van der Waals surface area contributed by atoms with E-state index in [-0.39, 0.29) is 12.1 Å². The van der Waals surface area contributed by atoms with Crippen LogP contribution in [-0.2, 0) is 4.74 Å². The van der Waals surface area contributed by atoms with Crippen LogP contribution < -0.4 is 10.6 Å². The summed E-state index contributed by atoms with van der Waals surface area (Å²) in [4.78, 5) is 27.9. The maximum Gasteiger partial charge on any atom is 0.337 e. The van der Waals surface area contributed by atoms with Gasteiger partial charge in [0, 0.05) is 16.8 Å². The number of carbonyl (C=O) groups is 2. The van der Waals surface area contributed by atoms with Crippen molar-refractivity contribution in [2.75, 3.05) is 12.4 Å². The second-order valence-corrected chi connectivity index (χ2v) is 6.06. The number of methoxy groups -OCH3 is 1. The number of carbonyl (C=O) groups excluding carboxylic acids is 2. The van der Waals surface area contributed by atoms with Gasteiger partial charge in [0.1, 0.15) is 5.01 Å². The van der Waals surface area contributed by atoms with Gasteiger partial charge in [-0.25, -0.2) is 14.6 Å². The molecule has 0 aliphatic rings. The molecule has 1 aromatic heterocycles. The zero-order chi connectivity index (χ0) is 17.0. The molecule has 6 nitrogen and oxygen atoms in total. The van der Waals surface area contributed by atoms with Crippen LogP contribution in [0.15, 0.2) is 23.6 Å². The van der Waals surface area contributed by atoms with E-state index in [1.54, 1.807) is 18.2 Å². The predicted molar refractivity (Wildman–Crippen MR) is 89.9 cm³/mol. The largest absolute Gasteiger partial charge is 0.465 e. The molecule has 2 aromatic rings. The van der Waals surface area contributed by atoms with Gasteiger partial charge >= 0.3 is 12.0 Å². The Morgan fingerprint density at radius 2 is 2.04 bits per heavy atom. The summed E-state index contributed by atoms with van der Waals surface area (Å²) in [7, 11) is 1.33. The molecule has 0 bridgehead atoms. The highest BCUT2D eigenvalue weighted by Gasteiger charge is 2.14. The highest BCUT2D eigenvalue weighted by atomic mass is 32.1. The number of aromatic nitrogens is 1. The standard InChI is InChI=1S/C16H19N3O3S/c1-9-7-12(15(20)22-4)5-6-13(9)19-16(21)18-11(3)14-17-10(2)8-23-14/h5-8,11H,1-4H3,(H2,18,19,21)/t11-/m1/s1. The number of rotatable bonds is 4. The summed E-state index contributed by atoms with van der Waals surface area (Å²) in [6.07, 6.45) is 0. The van der Waals surface area contributed by atoms with Gasteiger partial charge in [0.25, 0.3) is 0 Å². The summed E-state index contributed by atoms with van der Waals surface area (Å²) in [5.41, 5.74) is 2.80. The summed E-state index contributed by atoms with van der Waals surface area (Å²) < 4.78 is 4.67. The molecule has 0 saturated carbocycles. The SMILES string of the molecule is COC(=O)c1ccc(NC(=O)N[C@H](C)c2nc(C)cs2)c(C)c1. The van der Waals surface area contributed by atoms with Crippen LogP contribution in [0.25, 0.3) is 0 Å². The van der Waals surface area contributed by atoms with Crippen LogP contribution in [0.2, 0.25) is 0 Å². The van der Waals surface area contributed by atoms with Crippen molar-refractivity contribution in [3.63, 3.8) is 0 Å². The number of ether oxygens (including phenoxy) is 1. The number of nitrogens with zero attached hydrogens (tertiary/aromatic N) is 1. The first-order valence-electron chi connectivity index (χ1n) is 7.09. The number of urea groups is 1. The third-order valence-corrected chi connectivity index (χ3v) is 4.40. The number of hydrogen-bond acceptors (Lipinski definition) is 5. The van der Waals surface area contributed by atoms with Crippen molar-refractivity contribution in [1.82, 2.24) is 10.3 Å². The minimum Gasteiger partial charge on any atom is -0.465 e. The molecular formula is C16H19N3O3S. The van der Waals surface area contributed by atoms with E-state index in [1.807, 2.05) is 26.2 Å². The number of hydrogen-bond donors (Lipinski definition) is 2. The topological polar surface area (TPSA) is 80.3 Å². The van der Waals surface area contributed by atoms with Crippen molar-refractivity contribution >= 4 is 29.0 Å². The Bertz CT molecular complexity index is 727. The van der Waals surface area contributed by atoms with Crippen molar-refractivity contribution in [2.45, 2.75) is 26.8 Å². The first kappa shape index (κ1) is 17.0. The number of aryl methyl sites for hydroxylation is 2. The molecule has 0 fully saturated rings. The summed E-state index contributed by atoms with van der Waals surface area (Å²) >= 11 is 1.51. The van der Waals surface area contributed by atoms with E-state index in [9.17, 15) is 9.59 Å². The van der Waals surface area contributed by atoms with Crippen molar-refractivity contribution in [3.8, 4) is 0 Å². The van der Waals surface area contributed by atoms with Crippen LogP contribution in [0.1, 0.15) is 39.6 Å². The fourth-order valence-electron chi connectivity index (χ4n) is 2.04. The Kier molecular flexibility index (Phi) is 5.33. The zero-order valence-corrected chi connectivity index (χ0v) is 14.3. The van der Waals surface area contributed by atoms with Crippen LogP contribution in [0.3, 0.4) is 0 Å². The molecule has 1 heterocycles. The quantitative estimate of drug-likeness (QED) is 0.840. The summed E-state index contributed by atoms with van der Waals surface area (Å²) in [5.74, 6) is -0.406. The number of esters is 1. The predicted octanol–water partition coefficient (Wildman–Crippen LogP) is 3.43. The monoisotopic (exact) mass is 333 g/mol. The number of thiazole rings is 1. The normalized spacial score (nSPS) is 11.7. The molecule has 1 atom stereocenters.